The Morgan fingerprint density at radius 2 is 2.07 bits per heavy atom. The number of amides is 1. The minimum atomic E-state index is -0.118. The van der Waals surface area contributed by atoms with Crippen molar-refractivity contribution in [2.24, 2.45) is 0 Å². The highest BCUT2D eigenvalue weighted by Gasteiger charge is 2.12. The van der Waals surface area contributed by atoms with Gasteiger partial charge in [-0.2, -0.15) is 0 Å². The number of aryl methyl sites for hydroxylation is 1. The first-order valence-corrected chi connectivity index (χ1v) is 10.9. The lowest BCUT2D eigenvalue weighted by molar-refractivity contribution is -0.123. The van der Waals surface area contributed by atoms with Crippen molar-refractivity contribution in [2.75, 3.05) is 25.4 Å². The minimum Gasteiger partial charge on any atom is -0.472 e. The Labute approximate surface area is 170 Å². The Hall–Kier alpha value is -2.12. The number of Topliss-reactive ketones (excluding diaryl/α,β-unsaturated/α-hetero) is 1. The smallest absolute Gasteiger partial charge is 0.230 e. The largest absolute Gasteiger partial charge is 0.472 e. The lowest BCUT2D eigenvalue weighted by Gasteiger charge is -2.14. The molecule has 0 aliphatic carbocycles. The number of likely N-dealkylation sites (tertiary alicyclic amines) is 1. The van der Waals surface area contributed by atoms with E-state index in [1.807, 2.05) is 18.3 Å². The third-order valence-electron chi connectivity index (χ3n) is 4.71. The molecule has 0 aromatic carbocycles. The van der Waals surface area contributed by atoms with Gasteiger partial charge in [-0.25, -0.2) is 0 Å². The van der Waals surface area contributed by atoms with Crippen molar-refractivity contribution in [1.82, 2.24) is 15.2 Å². The number of ketones is 1. The van der Waals surface area contributed by atoms with Crippen LogP contribution in [0.5, 0.6) is 0 Å². The van der Waals surface area contributed by atoms with E-state index in [1.54, 1.807) is 12.5 Å². The van der Waals surface area contributed by atoms with Crippen LogP contribution >= 0.6 is 11.8 Å². The number of aromatic nitrogens is 1. The molecule has 0 saturated carbocycles. The summed E-state index contributed by atoms with van der Waals surface area (Å²) in [6, 6.07) is 6.02. The molecule has 0 bridgehead atoms. The molecule has 1 amide bonds. The van der Waals surface area contributed by atoms with Gasteiger partial charge in [0, 0.05) is 36.2 Å². The van der Waals surface area contributed by atoms with Crippen molar-refractivity contribution in [1.29, 1.82) is 0 Å². The molecule has 2 aromatic rings. The number of carbonyl (C=O) groups is 2. The predicted octanol–water partition coefficient (Wildman–Crippen LogP) is 2.82. The number of hydrogen-bond acceptors (Lipinski definition) is 6. The Morgan fingerprint density at radius 3 is 2.86 bits per heavy atom. The highest BCUT2D eigenvalue weighted by Crippen LogP contribution is 2.14. The van der Waals surface area contributed by atoms with E-state index in [1.165, 1.54) is 30.2 Å². The van der Waals surface area contributed by atoms with E-state index in [4.69, 9.17) is 4.42 Å². The summed E-state index contributed by atoms with van der Waals surface area (Å²) >= 11 is 1.50. The number of nitrogens with one attached hydrogen (secondary N) is 1. The SMILES string of the molecule is O=C(CCc1cc(CN2CCCC2)ccn1)CNC(=O)CSCc1ccoc1. The molecule has 0 spiro atoms. The first-order valence-electron chi connectivity index (χ1n) is 9.72. The molecule has 1 aliphatic rings. The van der Waals surface area contributed by atoms with E-state index in [9.17, 15) is 9.59 Å². The molecule has 1 aliphatic heterocycles. The van der Waals surface area contributed by atoms with E-state index in [0.717, 1.165) is 36.6 Å². The molecule has 1 N–H and O–H groups in total. The van der Waals surface area contributed by atoms with Gasteiger partial charge in [0.25, 0.3) is 0 Å². The van der Waals surface area contributed by atoms with Crippen LogP contribution in [-0.4, -0.2) is 47.0 Å². The van der Waals surface area contributed by atoms with E-state index >= 15 is 0 Å². The quantitative estimate of drug-likeness (QED) is 0.624. The fourth-order valence-electron chi connectivity index (χ4n) is 3.20. The third kappa shape index (κ3) is 7.13. The topological polar surface area (TPSA) is 75.4 Å². The van der Waals surface area contributed by atoms with E-state index in [0.29, 0.717) is 18.6 Å². The number of hydrogen-bond donors (Lipinski definition) is 1. The summed E-state index contributed by atoms with van der Waals surface area (Å²) in [7, 11) is 0. The standard InChI is InChI=1S/C21H27N3O3S/c25-20(12-23-21(26)16-28-15-18-6-10-27-14-18)4-3-19-11-17(5-7-22-19)13-24-8-1-2-9-24/h5-7,10-11,14H,1-4,8-9,12-13,15-16H2,(H,23,26). The molecule has 7 heteroatoms. The predicted molar refractivity (Wildman–Crippen MR) is 110 cm³/mol. The van der Waals surface area contributed by atoms with Gasteiger partial charge in [0.1, 0.15) is 0 Å². The van der Waals surface area contributed by atoms with E-state index in [2.05, 4.69) is 21.3 Å². The van der Waals surface area contributed by atoms with Crippen LogP contribution in [0.25, 0.3) is 0 Å². The molecule has 0 atom stereocenters. The van der Waals surface area contributed by atoms with Crippen LogP contribution in [0.4, 0.5) is 0 Å². The maximum absolute atomic E-state index is 12.1. The summed E-state index contributed by atoms with van der Waals surface area (Å²) in [6.07, 6.45) is 8.67. The van der Waals surface area contributed by atoms with Crippen LogP contribution in [0.3, 0.4) is 0 Å². The second kappa shape index (κ2) is 11.0. The molecule has 2 aromatic heterocycles. The van der Waals surface area contributed by atoms with Gasteiger partial charge >= 0.3 is 0 Å². The van der Waals surface area contributed by atoms with E-state index < -0.39 is 0 Å². The Balaban J connectivity index is 1.31. The summed E-state index contributed by atoms with van der Waals surface area (Å²) in [6.45, 7) is 3.36. The molecule has 1 fully saturated rings. The fraction of sp³-hybridized carbons (Fsp3) is 0.476. The van der Waals surface area contributed by atoms with Gasteiger partial charge < -0.3 is 9.73 Å². The average molecular weight is 402 g/mol. The number of pyridine rings is 1. The van der Waals surface area contributed by atoms with Gasteiger partial charge in [-0.1, -0.05) is 0 Å². The van der Waals surface area contributed by atoms with E-state index in [-0.39, 0.29) is 18.2 Å². The van der Waals surface area contributed by atoms with Crippen molar-refractivity contribution >= 4 is 23.5 Å². The van der Waals surface area contributed by atoms with Gasteiger partial charge in [-0.3, -0.25) is 19.5 Å². The van der Waals surface area contributed by atoms with Gasteiger partial charge in [0.2, 0.25) is 5.91 Å². The highest BCUT2D eigenvalue weighted by molar-refractivity contribution is 7.99. The van der Waals surface area contributed by atoms with Crippen molar-refractivity contribution in [3.05, 3.63) is 53.7 Å². The number of carbonyl (C=O) groups excluding carboxylic acids is 2. The number of thioether (sulfide) groups is 1. The summed E-state index contributed by atoms with van der Waals surface area (Å²) in [5.74, 6) is 0.961. The van der Waals surface area contributed by atoms with Gasteiger partial charge in [0.15, 0.2) is 5.78 Å². The first kappa shape index (κ1) is 20.6. The van der Waals surface area contributed by atoms with Gasteiger partial charge in [-0.15, -0.1) is 11.8 Å². The number of rotatable bonds is 11. The van der Waals surface area contributed by atoms with Crippen LogP contribution in [-0.2, 0) is 28.3 Å². The van der Waals surface area contributed by atoms with Crippen molar-refractivity contribution in [3.63, 3.8) is 0 Å². The van der Waals surface area contributed by atoms with Crippen LogP contribution in [0.2, 0.25) is 0 Å². The monoisotopic (exact) mass is 401 g/mol. The van der Waals surface area contributed by atoms with Crippen molar-refractivity contribution in [3.8, 4) is 0 Å². The fourth-order valence-corrected chi connectivity index (χ4v) is 3.99. The lowest BCUT2D eigenvalue weighted by atomic mass is 10.1. The van der Waals surface area contributed by atoms with Crippen molar-refractivity contribution < 1.29 is 14.0 Å². The summed E-state index contributed by atoms with van der Waals surface area (Å²) in [5.41, 5.74) is 3.24. The molecule has 0 unspecified atom stereocenters. The highest BCUT2D eigenvalue weighted by atomic mass is 32.2. The maximum atomic E-state index is 12.1. The number of furan rings is 1. The average Bonchev–Trinajstić information content (AvgIpc) is 3.39. The zero-order chi connectivity index (χ0) is 19.6. The molecule has 28 heavy (non-hydrogen) atoms. The van der Waals surface area contributed by atoms with Crippen LogP contribution in [0.1, 0.15) is 36.1 Å². The Bertz CT molecular complexity index is 758. The zero-order valence-corrected chi connectivity index (χ0v) is 16.9. The van der Waals surface area contributed by atoms with Crippen LogP contribution in [0.15, 0.2) is 41.3 Å². The molecule has 0 radical (unpaired) electrons. The molecule has 6 nitrogen and oxygen atoms in total. The molecular weight excluding hydrogens is 374 g/mol. The molecule has 3 heterocycles. The van der Waals surface area contributed by atoms with Crippen LogP contribution < -0.4 is 5.32 Å². The van der Waals surface area contributed by atoms with Gasteiger partial charge in [0.05, 0.1) is 24.8 Å². The maximum Gasteiger partial charge on any atom is 0.230 e. The molecule has 3 rings (SSSR count). The summed E-state index contributed by atoms with van der Waals surface area (Å²) in [5, 5.41) is 2.70. The second-order valence-electron chi connectivity index (χ2n) is 7.08. The van der Waals surface area contributed by atoms with Gasteiger partial charge in [-0.05, 0) is 56.1 Å². The third-order valence-corrected chi connectivity index (χ3v) is 5.71. The zero-order valence-electron chi connectivity index (χ0n) is 16.1. The summed E-state index contributed by atoms with van der Waals surface area (Å²) < 4.78 is 4.99. The summed E-state index contributed by atoms with van der Waals surface area (Å²) in [4.78, 5) is 30.7. The molecular formula is C21H27N3O3S. The van der Waals surface area contributed by atoms with Crippen LogP contribution in [0, 0.1) is 0 Å². The number of nitrogens with zero attached hydrogens (tertiary/aromatic N) is 2. The molecule has 1 saturated heterocycles. The second-order valence-corrected chi connectivity index (χ2v) is 8.06. The Morgan fingerprint density at radius 1 is 1.21 bits per heavy atom. The normalized spacial score (nSPS) is 14.3. The minimum absolute atomic E-state index is 0.0277. The lowest BCUT2D eigenvalue weighted by Crippen LogP contribution is -2.31. The Kier molecular flexibility index (Phi) is 8.11. The first-order chi connectivity index (χ1) is 13.7. The molecule has 150 valence electrons. The van der Waals surface area contributed by atoms with Crippen molar-refractivity contribution in [2.45, 2.75) is 38.0 Å².